The van der Waals surface area contributed by atoms with Crippen LogP contribution in [0.25, 0.3) is 16.5 Å². The molecule has 1 saturated heterocycles. The Morgan fingerprint density at radius 3 is 2.56 bits per heavy atom. The number of carbonyl (C=O) groups excluding carboxylic acids is 1. The minimum atomic E-state index is -0.366. The van der Waals surface area contributed by atoms with Gasteiger partial charge in [0.1, 0.15) is 24.0 Å². The summed E-state index contributed by atoms with van der Waals surface area (Å²) in [5, 5.41) is 0.536. The molecule has 1 amide bonds. The maximum atomic E-state index is 13.7. The van der Waals surface area contributed by atoms with Crippen molar-refractivity contribution in [3.05, 3.63) is 105 Å². The molecule has 1 aliphatic heterocycles. The van der Waals surface area contributed by atoms with Crippen molar-refractivity contribution in [3.63, 3.8) is 0 Å². The van der Waals surface area contributed by atoms with Crippen LogP contribution in [0.1, 0.15) is 35.8 Å². The quantitative estimate of drug-likeness (QED) is 0.256. The summed E-state index contributed by atoms with van der Waals surface area (Å²) in [6, 6.07) is 16.0. The van der Waals surface area contributed by atoms with Gasteiger partial charge < -0.3 is 14.2 Å². The third-order valence-corrected chi connectivity index (χ3v) is 8.43. The van der Waals surface area contributed by atoms with Crippen LogP contribution in [-0.4, -0.2) is 42.8 Å². The molecule has 0 radical (unpaired) electrons. The molecule has 1 aliphatic rings. The Hall–Kier alpha value is -4.31. The summed E-state index contributed by atoms with van der Waals surface area (Å²) in [5.74, 6) is 0.795. The normalized spacial score (nSPS) is 14.0. The summed E-state index contributed by atoms with van der Waals surface area (Å²) in [6.45, 7) is 3.97. The molecule has 5 aromatic rings. The van der Waals surface area contributed by atoms with Gasteiger partial charge in [0.05, 0.1) is 0 Å². The Balaban J connectivity index is 1.35. The lowest BCUT2D eigenvalue weighted by Gasteiger charge is -2.30. The average Bonchev–Trinajstić information content (AvgIpc) is 3.62. The van der Waals surface area contributed by atoms with Crippen LogP contribution in [0.15, 0.2) is 78.0 Å². The number of hydrogen-bond acceptors (Lipinski definition) is 6. The smallest absolute Gasteiger partial charge is 0.302 e. The summed E-state index contributed by atoms with van der Waals surface area (Å²) >= 11 is 1.40. The van der Waals surface area contributed by atoms with E-state index in [-0.39, 0.29) is 36.2 Å². The fourth-order valence-corrected chi connectivity index (χ4v) is 5.92. The first-order valence-electron chi connectivity index (χ1n) is 13.7. The first-order valence-corrected chi connectivity index (χ1v) is 14.5. The van der Waals surface area contributed by atoms with E-state index in [4.69, 9.17) is 9.72 Å². The van der Waals surface area contributed by atoms with Gasteiger partial charge in [-0.3, -0.25) is 9.59 Å². The van der Waals surface area contributed by atoms with Crippen LogP contribution in [0.3, 0.4) is 0 Å². The lowest BCUT2D eigenvalue weighted by molar-refractivity contribution is -0.133. The molecular formula is C31H30FN5O3S. The summed E-state index contributed by atoms with van der Waals surface area (Å²) in [7, 11) is 0. The van der Waals surface area contributed by atoms with E-state index in [1.54, 1.807) is 35.3 Å². The zero-order valence-corrected chi connectivity index (χ0v) is 23.5. The van der Waals surface area contributed by atoms with Gasteiger partial charge in [-0.05, 0) is 42.0 Å². The van der Waals surface area contributed by atoms with Gasteiger partial charge in [0.15, 0.2) is 5.69 Å². The van der Waals surface area contributed by atoms with Crippen LogP contribution in [0.5, 0.6) is 5.75 Å². The number of aromatic nitrogens is 4. The Bertz CT molecular complexity index is 1720. The number of nitrogens with zero attached hydrogens (tertiary/aromatic N) is 5. The molecule has 10 heteroatoms. The maximum Gasteiger partial charge on any atom is 0.302 e. The topological polar surface area (TPSA) is 81.7 Å². The van der Waals surface area contributed by atoms with Crippen molar-refractivity contribution in [3.8, 4) is 16.5 Å². The number of halogens is 1. The molecule has 8 nitrogen and oxygen atoms in total. The fraction of sp³-hybridized carbons (Fsp3) is 0.290. The van der Waals surface area contributed by atoms with Gasteiger partial charge in [0, 0.05) is 43.0 Å². The number of piperidine rings is 1. The molecule has 0 bridgehead atoms. The number of imidazole rings is 1. The van der Waals surface area contributed by atoms with Crippen LogP contribution >= 0.6 is 11.3 Å². The third-order valence-electron chi connectivity index (χ3n) is 7.42. The minimum absolute atomic E-state index is 0.00559. The van der Waals surface area contributed by atoms with Crippen molar-refractivity contribution in [2.75, 3.05) is 13.1 Å². The molecule has 0 unspecified atom stereocenters. The molecule has 210 valence electrons. The largest absolute Gasteiger partial charge is 0.481 e. The van der Waals surface area contributed by atoms with Crippen LogP contribution in [0.2, 0.25) is 0 Å². The number of amides is 1. The number of rotatable bonds is 8. The fourth-order valence-electron chi connectivity index (χ4n) is 4.99. The summed E-state index contributed by atoms with van der Waals surface area (Å²) in [4.78, 5) is 39.1. The van der Waals surface area contributed by atoms with E-state index in [1.165, 1.54) is 27.9 Å². The van der Waals surface area contributed by atoms with E-state index in [1.807, 2.05) is 35.2 Å². The van der Waals surface area contributed by atoms with Crippen molar-refractivity contribution in [1.82, 2.24) is 23.8 Å². The highest BCUT2D eigenvalue weighted by Crippen LogP contribution is 2.31. The summed E-state index contributed by atoms with van der Waals surface area (Å²) < 4.78 is 22.6. The predicted molar refractivity (Wildman–Crippen MR) is 156 cm³/mol. The van der Waals surface area contributed by atoms with E-state index >= 15 is 0 Å². The SMILES string of the molecule is CC1CCN(C(=O)Cn2ccn3c(=O)c(OCc4ccccc4)c(-c4ncc(Cc5ccc(F)cc5)s4)nc23)CC1. The van der Waals surface area contributed by atoms with E-state index in [0.29, 0.717) is 28.8 Å². The third kappa shape index (κ3) is 5.92. The second-order valence-electron chi connectivity index (χ2n) is 10.5. The Labute approximate surface area is 240 Å². The first-order chi connectivity index (χ1) is 19.9. The van der Waals surface area contributed by atoms with E-state index in [2.05, 4.69) is 11.9 Å². The zero-order chi connectivity index (χ0) is 28.3. The van der Waals surface area contributed by atoms with Gasteiger partial charge in [-0.15, -0.1) is 11.3 Å². The Morgan fingerprint density at radius 2 is 1.80 bits per heavy atom. The molecule has 0 atom stereocenters. The lowest BCUT2D eigenvalue weighted by Crippen LogP contribution is -2.39. The number of thiazole rings is 1. The highest BCUT2D eigenvalue weighted by Gasteiger charge is 2.24. The van der Waals surface area contributed by atoms with E-state index in [9.17, 15) is 14.0 Å². The second kappa shape index (κ2) is 11.7. The standard InChI is InChI=1S/C31H30FN5O3S/c1-21-11-13-35(14-12-21)26(38)19-36-15-16-37-30(39)28(40-20-23-5-3-2-4-6-23)27(34-31(36)37)29-33-18-25(41-29)17-22-7-9-24(32)10-8-22/h2-10,15-16,18,21H,11-14,17,19-20H2,1H3. The molecule has 2 aromatic carbocycles. The van der Waals surface area contributed by atoms with Gasteiger partial charge >= 0.3 is 5.56 Å². The summed E-state index contributed by atoms with van der Waals surface area (Å²) in [6.07, 6.45) is 7.63. The molecule has 6 rings (SSSR count). The van der Waals surface area contributed by atoms with Gasteiger partial charge in [-0.2, -0.15) is 0 Å². The van der Waals surface area contributed by atoms with Gasteiger partial charge in [0.25, 0.3) is 0 Å². The van der Waals surface area contributed by atoms with Crippen molar-refractivity contribution < 1.29 is 13.9 Å². The number of fused-ring (bicyclic) bond motifs is 1. The molecule has 0 aliphatic carbocycles. The second-order valence-corrected chi connectivity index (χ2v) is 11.6. The molecule has 0 saturated carbocycles. The number of ether oxygens (including phenoxy) is 1. The molecule has 4 heterocycles. The monoisotopic (exact) mass is 571 g/mol. The highest BCUT2D eigenvalue weighted by molar-refractivity contribution is 7.15. The van der Waals surface area contributed by atoms with Gasteiger partial charge in [0.2, 0.25) is 17.4 Å². The minimum Gasteiger partial charge on any atom is -0.481 e. The zero-order valence-electron chi connectivity index (χ0n) is 22.7. The van der Waals surface area contributed by atoms with Crippen LogP contribution in [0, 0.1) is 11.7 Å². The van der Waals surface area contributed by atoms with E-state index < -0.39 is 0 Å². The van der Waals surface area contributed by atoms with Crippen molar-refractivity contribution in [2.24, 2.45) is 5.92 Å². The summed E-state index contributed by atoms with van der Waals surface area (Å²) in [5.41, 5.74) is 1.83. The molecule has 3 aromatic heterocycles. The Kier molecular flexibility index (Phi) is 7.65. The number of carbonyl (C=O) groups is 1. The predicted octanol–water partition coefficient (Wildman–Crippen LogP) is 5.19. The lowest BCUT2D eigenvalue weighted by atomic mass is 9.99. The molecule has 41 heavy (non-hydrogen) atoms. The van der Waals surface area contributed by atoms with Crippen molar-refractivity contribution in [2.45, 2.75) is 39.3 Å². The van der Waals surface area contributed by atoms with Crippen LogP contribution < -0.4 is 10.3 Å². The first kappa shape index (κ1) is 26.9. The molecular weight excluding hydrogens is 541 g/mol. The van der Waals surface area contributed by atoms with Gasteiger partial charge in [-0.25, -0.2) is 18.8 Å². The van der Waals surface area contributed by atoms with Crippen LogP contribution in [0.4, 0.5) is 4.39 Å². The number of hydrogen-bond donors (Lipinski definition) is 0. The Morgan fingerprint density at radius 1 is 1.05 bits per heavy atom. The highest BCUT2D eigenvalue weighted by atomic mass is 32.1. The van der Waals surface area contributed by atoms with E-state index in [0.717, 1.165) is 41.9 Å². The van der Waals surface area contributed by atoms with Crippen molar-refractivity contribution >= 4 is 23.0 Å². The average molecular weight is 572 g/mol. The molecule has 0 spiro atoms. The molecule has 0 N–H and O–H groups in total. The molecule has 1 fully saturated rings. The number of likely N-dealkylation sites (tertiary alicyclic amines) is 1. The number of benzene rings is 2. The van der Waals surface area contributed by atoms with Gasteiger partial charge in [-0.1, -0.05) is 49.4 Å². The van der Waals surface area contributed by atoms with Crippen LogP contribution in [-0.2, 0) is 24.4 Å². The van der Waals surface area contributed by atoms with Crippen molar-refractivity contribution in [1.29, 1.82) is 0 Å². The maximum absolute atomic E-state index is 13.7.